The number of benzene rings is 1. The monoisotopic (exact) mass is 469 g/mol. The minimum absolute atomic E-state index is 0.252. The average Bonchev–Trinajstić information content (AvgIpc) is 3.29. The molecular formula is C27H43N5O2. The Hall–Kier alpha value is -2.38. The average molecular weight is 470 g/mol. The van der Waals surface area contributed by atoms with Gasteiger partial charge in [0.15, 0.2) is 0 Å². The molecule has 3 rings (SSSR count). The lowest BCUT2D eigenvalue weighted by molar-refractivity contribution is -0.135. The van der Waals surface area contributed by atoms with Crippen molar-refractivity contribution in [2.75, 3.05) is 40.3 Å². The van der Waals surface area contributed by atoms with Crippen LogP contribution < -0.4 is 10.1 Å². The number of carbonyl (C=O) groups excluding carboxylic acids is 1. The fraction of sp³-hybridized carbons (Fsp3) is 0.630. The molecular weight excluding hydrogens is 426 g/mol. The van der Waals surface area contributed by atoms with E-state index < -0.39 is 0 Å². The quantitative estimate of drug-likeness (QED) is 0.463. The van der Waals surface area contributed by atoms with Crippen molar-refractivity contribution in [2.45, 2.75) is 64.5 Å². The number of amides is 1. The Balaban J connectivity index is 1.57. The maximum Gasteiger partial charge on any atom is 0.223 e. The fourth-order valence-electron chi connectivity index (χ4n) is 4.90. The highest BCUT2D eigenvalue weighted by Gasteiger charge is 2.31. The summed E-state index contributed by atoms with van der Waals surface area (Å²) in [6.45, 7) is 8.27. The summed E-state index contributed by atoms with van der Waals surface area (Å²) in [5.41, 5.74) is 2.51. The van der Waals surface area contributed by atoms with Gasteiger partial charge in [0.1, 0.15) is 12.4 Å². The zero-order valence-corrected chi connectivity index (χ0v) is 21.4. The third-order valence-corrected chi connectivity index (χ3v) is 6.71. The molecule has 0 unspecified atom stereocenters. The Morgan fingerprint density at radius 2 is 1.91 bits per heavy atom. The van der Waals surface area contributed by atoms with Crippen LogP contribution in [0.1, 0.15) is 63.1 Å². The Bertz CT molecular complexity index is 846. The molecule has 1 aliphatic carbocycles. The molecule has 1 aromatic carbocycles. The topological polar surface area (TPSA) is 73.5 Å². The first-order chi connectivity index (χ1) is 16.5. The Kier molecular flexibility index (Phi) is 10.4. The van der Waals surface area contributed by atoms with Crippen molar-refractivity contribution in [2.24, 2.45) is 5.92 Å². The molecule has 7 nitrogen and oxygen atoms in total. The van der Waals surface area contributed by atoms with Crippen molar-refractivity contribution >= 4 is 5.91 Å². The van der Waals surface area contributed by atoms with Crippen LogP contribution in [0.15, 0.2) is 36.5 Å². The molecule has 0 atom stereocenters. The second-order valence-corrected chi connectivity index (χ2v) is 9.99. The number of carbonyl (C=O) groups is 1. The third-order valence-electron chi connectivity index (χ3n) is 6.71. The van der Waals surface area contributed by atoms with Crippen molar-refractivity contribution in [3.8, 4) is 5.75 Å². The van der Waals surface area contributed by atoms with Crippen LogP contribution >= 0.6 is 0 Å². The van der Waals surface area contributed by atoms with Gasteiger partial charge < -0.3 is 19.9 Å². The van der Waals surface area contributed by atoms with Gasteiger partial charge in [-0.15, -0.1) is 0 Å². The summed E-state index contributed by atoms with van der Waals surface area (Å²) in [4.78, 5) is 17.5. The van der Waals surface area contributed by atoms with Crippen LogP contribution in [-0.4, -0.2) is 72.3 Å². The molecule has 0 radical (unpaired) electrons. The molecule has 1 saturated carbocycles. The van der Waals surface area contributed by atoms with E-state index in [1.165, 1.54) is 11.3 Å². The van der Waals surface area contributed by atoms with E-state index in [1.807, 2.05) is 37.4 Å². The number of likely N-dealkylation sites (N-methyl/N-ethyl adjacent to an activating group) is 2. The Morgan fingerprint density at radius 3 is 2.59 bits per heavy atom. The van der Waals surface area contributed by atoms with Gasteiger partial charge in [-0.2, -0.15) is 5.10 Å². The molecule has 1 aliphatic rings. The summed E-state index contributed by atoms with van der Waals surface area (Å²) in [5, 5.41) is 10.9. The van der Waals surface area contributed by atoms with Gasteiger partial charge in [-0.25, -0.2) is 0 Å². The number of para-hydroxylation sites is 1. The normalized spacial score (nSPS) is 18.4. The van der Waals surface area contributed by atoms with Crippen LogP contribution in [0, 0.1) is 5.92 Å². The molecule has 0 spiro atoms. The van der Waals surface area contributed by atoms with E-state index in [0.717, 1.165) is 51.1 Å². The van der Waals surface area contributed by atoms with Gasteiger partial charge in [0.2, 0.25) is 5.91 Å². The van der Waals surface area contributed by atoms with E-state index in [2.05, 4.69) is 52.4 Å². The number of ether oxygens (including phenoxy) is 1. The number of hydrogen-bond donors (Lipinski definition) is 2. The van der Waals surface area contributed by atoms with E-state index >= 15 is 0 Å². The van der Waals surface area contributed by atoms with Crippen molar-refractivity contribution in [1.82, 2.24) is 25.3 Å². The van der Waals surface area contributed by atoms with E-state index in [1.54, 1.807) is 0 Å². The van der Waals surface area contributed by atoms with Gasteiger partial charge in [0.05, 0.1) is 12.2 Å². The SMILES string of the molecule is CNCCN(C)Cc1c[nH]nc1[C@H]1CC[C@H](N(CCOc2ccccc2)C(=O)CC(C)C)CC1. The summed E-state index contributed by atoms with van der Waals surface area (Å²) in [7, 11) is 4.14. The molecule has 1 heterocycles. The number of hydrogen-bond acceptors (Lipinski definition) is 5. The van der Waals surface area contributed by atoms with Crippen LogP contribution in [0.5, 0.6) is 5.75 Å². The highest BCUT2D eigenvalue weighted by molar-refractivity contribution is 5.76. The van der Waals surface area contributed by atoms with Crippen molar-refractivity contribution in [3.63, 3.8) is 0 Å². The molecule has 1 fully saturated rings. The molecule has 0 aliphatic heterocycles. The number of nitrogens with one attached hydrogen (secondary N) is 2. The summed E-state index contributed by atoms with van der Waals surface area (Å²) in [6, 6.07) is 10.1. The van der Waals surface area contributed by atoms with Gasteiger partial charge in [0.25, 0.3) is 0 Å². The largest absolute Gasteiger partial charge is 0.492 e. The Labute approximate surface area is 205 Å². The maximum absolute atomic E-state index is 13.1. The summed E-state index contributed by atoms with van der Waals surface area (Å²) >= 11 is 0. The highest BCUT2D eigenvalue weighted by Crippen LogP contribution is 2.36. The first-order valence-electron chi connectivity index (χ1n) is 12.8. The van der Waals surface area contributed by atoms with Gasteiger partial charge in [-0.3, -0.25) is 9.89 Å². The molecule has 34 heavy (non-hydrogen) atoms. The minimum atomic E-state index is 0.252. The second-order valence-electron chi connectivity index (χ2n) is 9.99. The van der Waals surface area contributed by atoms with Gasteiger partial charge in [-0.1, -0.05) is 32.0 Å². The van der Waals surface area contributed by atoms with Crippen LogP contribution in [-0.2, 0) is 11.3 Å². The molecule has 1 aromatic heterocycles. The summed E-state index contributed by atoms with van der Waals surface area (Å²) in [5.74, 6) is 1.92. The van der Waals surface area contributed by atoms with E-state index in [-0.39, 0.29) is 11.9 Å². The van der Waals surface area contributed by atoms with Crippen molar-refractivity contribution in [3.05, 3.63) is 47.8 Å². The van der Waals surface area contributed by atoms with Crippen LogP contribution in [0.2, 0.25) is 0 Å². The van der Waals surface area contributed by atoms with Crippen molar-refractivity contribution < 1.29 is 9.53 Å². The molecule has 0 saturated heterocycles. The van der Waals surface area contributed by atoms with Crippen LogP contribution in [0.3, 0.4) is 0 Å². The number of H-pyrrole nitrogens is 1. The maximum atomic E-state index is 13.1. The predicted molar refractivity (Wildman–Crippen MR) is 137 cm³/mol. The van der Waals surface area contributed by atoms with E-state index in [0.29, 0.717) is 31.4 Å². The first kappa shape index (κ1) is 26.2. The molecule has 7 heteroatoms. The minimum Gasteiger partial charge on any atom is -0.492 e. The number of rotatable bonds is 13. The van der Waals surface area contributed by atoms with Gasteiger partial charge in [0, 0.05) is 49.8 Å². The molecule has 2 N–H and O–H groups in total. The summed E-state index contributed by atoms with van der Waals surface area (Å²) < 4.78 is 5.93. The number of aromatic nitrogens is 2. The lowest BCUT2D eigenvalue weighted by Crippen LogP contribution is -2.44. The highest BCUT2D eigenvalue weighted by atomic mass is 16.5. The smallest absolute Gasteiger partial charge is 0.223 e. The molecule has 0 bridgehead atoms. The molecule has 1 amide bonds. The zero-order valence-electron chi connectivity index (χ0n) is 21.4. The number of nitrogens with zero attached hydrogens (tertiary/aromatic N) is 3. The van der Waals surface area contributed by atoms with Gasteiger partial charge in [-0.05, 0) is 57.8 Å². The van der Waals surface area contributed by atoms with Gasteiger partial charge >= 0.3 is 0 Å². The fourth-order valence-corrected chi connectivity index (χ4v) is 4.90. The standard InChI is InChI=1S/C27H43N5O2/c1-21(2)18-26(33)32(16-17-34-25-8-6-5-7-9-25)24-12-10-22(11-13-24)27-23(19-29-30-27)20-31(4)15-14-28-3/h5-9,19,21-22,24,28H,10-18,20H2,1-4H3,(H,29,30)/t22-,24-. The predicted octanol–water partition coefficient (Wildman–Crippen LogP) is 4.04. The Morgan fingerprint density at radius 1 is 1.18 bits per heavy atom. The lowest BCUT2D eigenvalue weighted by atomic mass is 9.82. The zero-order chi connectivity index (χ0) is 24.3. The van der Waals surface area contributed by atoms with Crippen molar-refractivity contribution in [1.29, 1.82) is 0 Å². The number of aromatic amines is 1. The first-order valence-corrected chi connectivity index (χ1v) is 12.8. The van der Waals surface area contributed by atoms with Crippen LogP contribution in [0.4, 0.5) is 0 Å². The molecule has 188 valence electrons. The van der Waals surface area contributed by atoms with Crippen LogP contribution in [0.25, 0.3) is 0 Å². The lowest BCUT2D eigenvalue weighted by Gasteiger charge is -2.37. The van der Waals surface area contributed by atoms with E-state index in [9.17, 15) is 4.79 Å². The summed E-state index contributed by atoms with van der Waals surface area (Å²) in [6.07, 6.45) is 6.80. The van der Waals surface area contributed by atoms with E-state index in [4.69, 9.17) is 4.74 Å². The third kappa shape index (κ3) is 7.84. The second kappa shape index (κ2) is 13.5. The molecule has 2 aromatic rings.